The number of hydrogen-bond acceptors (Lipinski definition) is 4. The van der Waals surface area contributed by atoms with Gasteiger partial charge in [-0.2, -0.15) is 4.98 Å². The zero-order chi connectivity index (χ0) is 14.8. The zero-order valence-corrected chi connectivity index (χ0v) is 13.1. The highest BCUT2D eigenvalue weighted by atomic mass is 79.9. The molecular weight excluding hydrogens is 330 g/mol. The molecule has 0 spiro atoms. The average molecular weight is 344 g/mol. The van der Waals surface area contributed by atoms with Crippen LogP contribution in [0.1, 0.15) is 12.5 Å². The molecule has 0 atom stereocenters. The maximum absolute atomic E-state index is 5.98. The molecule has 0 radical (unpaired) electrons. The van der Waals surface area contributed by atoms with E-state index >= 15 is 0 Å². The lowest BCUT2D eigenvalue weighted by molar-refractivity contribution is 0.432. The summed E-state index contributed by atoms with van der Waals surface area (Å²) in [5, 5.41) is 4.03. The van der Waals surface area contributed by atoms with Gasteiger partial charge in [0.1, 0.15) is 0 Å². The molecule has 4 nitrogen and oxygen atoms in total. The number of aryl methyl sites for hydroxylation is 1. The standard InChI is InChI=1S/C16H14BrN3O/c1-2-10-3-5-11(6-4-10)15-19-16(21-20-15)13-8-7-12(17)9-14(13)18/h3-9H,2,18H2,1H3. The Morgan fingerprint density at radius 1 is 1.14 bits per heavy atom. The third kappa shape index (κ3) is 2.83. The van der Waals surface area contributed by atoms with E-state index in [9.17, 15) is 0 Å². The third-order valence-electron chi connectivity index (χ3n) is 3.29. The Hall–Kier alpha value is -2.14. The number of nitrogen functional groups attached to an aromatic ring is 1. The minimum atomic E-state index is 0.426. The van der Waals surface area contributed by atoms with Crippen molar-refractivity contribution in [3.63, 3.8) is 0 Å². The Labute approximate surface area is 131 Å². The van der Waals surface area contributed by atoms with Gasteiger partial charge in [-0.25, -0.2) is 0 Å². The molecule has 2 aromatic carbocycles. The fraction of sp³-hybridized carbons (Fsp3) is 0.125. The number of benzene rings is 2. The highest BCUT2D eigenvalue weighted by Gasteiger charge is 2.13. The predicted molar refractivity (Wildman–Crippen MR) is 86.7 cm³/mol. The Bertz CT molecular complexity index is 765. The fourth-order valence-electron chi connectivity index (χ4n) is 2.07. The SMILES string of the molecule is CCc1ccc(-c2noc(-c3ccc(Br)cc3N)n2)cc1. The van der Waals surface area contributed by atoms with Crippen molar-refractivity contribution in [3.05, 3.63) is 52.5 Å². The molecule has 2 N–H and O–H groups in total. The molecule has 5 heteroatoms. The summed E-state index contributed by atoms with van der Waals surface area (Å²) in [4.78, 5) is 4.42. The lowest BCUT2D eigenvalue weighted by Crippen LogP contribution is -1.90. The van der Waals surface area contributed by atoms with E-state index in [-0.39, 0.29) is 0 Å². The second kappa shape index (κ2) is 5.69. The first-order valence-corrected chi connectivity index (χ1v) is 7.45. The van der Waals surface area contributed by atoms with Gasteiger partial charge in [0, 0.05) is 15.7 Å². The minimum absolute atomic E-state index is 0.426. The molecule has 0 saturated carbocycles. The molecular formula is C16H14BrN3O. The number of aromatic nitrogens is 2. The maximum atomic E-state index is 5.98. The molecule has 21 heavy (non-hydrogen) atoms. The summed E-state index contributed by atoms with van der Waals surface area (Å²) in [5.74, 6) is 0.990. The van der Waals surface area contributed by atoms with E-state index < -0.39 is 0 Å². The number of nitrogens with two attached hydrogens (primary N) is 1. The van der Waals surface area contributed by atoms with Gasteiger partial charge in [0.15, 0.2) is 0 Å². The van der Waals surface area contributed by atoms with Crippen molar-refractivity contribution >= 4 is 21.6 Å². The summed E-state index contributed by atoms with van der Waals surface area (Å²) in [6.07, 6.45) is 1.01. The zero-order valence-electron chi connectivity index (χ0n) is 11.5. The van der Waals surface area contributed by atoms with Gasteiger partial charge in [0.05, 0.1) is 5.56 Å². The lowest BCUT2D eigenvalue weighted by atomic mass is 10.1. The van der Waals surface area contributed by atoms with Gasteiger partial charge in [0.2, 0.25) is 5.82 Å². The van der Waals surface area contributed by atoms with E-state index in [1.807, 2.05) is 30.3 Å². The molecule has 0 aliphatic heterocycles. The van der Waals surface area contributed by atoms with Gasteiger partial charge in [0.25, 0.3) is 5.89 Å². The van der Waals surface area contributed by atoms with Crippen molar-refractivity contribution in [1.29, 1.82) is 0 Å². The topological polar surface area (TPSA) is 64.9 Å². The molecule has 0 fully saturated rings. The van der Waals surface area contributed by atoms with Crippen LogP contribution in [0.3, 0.4) is 0 Å². The van der Waals surface area contributed by atoms with E-state index in [0.29, 0.717) is 17.4 Å². The number of nitrogens with zero attached hydrogens (tertiary/aromatic N) is 2. The molecule has 0 amide bonds. The van der Waals surface area contributed by atoms with Crippen LogP contribution in [0.5, 0.6) is 0 Å². The van der Waals surface area contributed by atoms with Crippen LogP contribution in [-0.4, -0.2) is 10.1 Å². The van der Waals surface area contributed by atoms with Gasteiger partial charge in [-0.3, -0.25) is 0 Å². The van der Waals surface area contributed by atoms with Gasteiger partial charge in [-0.1, -0.05) is 52.3 Å². The summed E-state index contributed by atoms with van der Waals surface area (Å²) >= 11 is 3.38. The lowest BCUT2D eigenvalue weighted by Gasteiger charge is -2.00. The molecule has 3 rings (SSSR count). The Morgan fingerprint density at radius 2 is 1.90 bits per heavy atom. The summed E-state index contributed by atoms with van der Waals surface area (Å²) in [6.45, 7) is 2.12. The predicted octanol–water partition coefficient (Wildman–Crippen LogP) is 4.31. The fourth-order valence-corrected chi connectivity index (χ4v) is 2.45. The first-order valence-electron chi connectivity index (χ1n) is 6.66. The molecule has 0 bridgehead atoms. The van der Waals surface area contributed by atoms with E-state index in [1.165, 1.54) is 5.56 Å². The molecule has 0 aliphatic rings. The van der Waals surface area contributed by atoms with Crippen molar-refractivity contribution in [2.75, 3.05) is 5.73 Å². The van der Waals surface area contributed by atoms with Crippen LogP contribution in [0, 0.1) is 0 Å². The second-order valence-electron chi connectivity index (χ2n) is 4.71. The van der Waals surface area contributed by atoms with E-state index in [2.05, 4.69) is 45.1 Å². The summed E-state index contributed by atoms with van der Waals surface area (Å²) in [5.41, 5.74) is 9.52. The van der Waals surface area contributed by atoms with Crippen molar-refractivity contribution in [3.8, 4) is 22.8 Å². The first kappa shape index (κ1) is 13.8. The summed E-state index contributed by atoms with van der Waals surface area (Å²) < 4.78 is 6.24. The van der Waals surface area contributed by atoms with Crippen molar-refractivity contribution in [2.45, 2.75) is 13.3 Å². The summed E-state index contributed by atoms with van der Waals surface area (Å²) in [6, 6.07) is 13.7. The van der Waals surface area contributed by atoms with E-state index in [4.69, 9.17) is 10.3 Å². The minimum Gasteiger partial charge on any atom is -0.398 e. The molecule has 1 aromatic heterocycles. The van der Waals surface area contributed by atoms with Crippen LogP contribution >= 0.6 is 15.9 Å². The van der Waals surface area contributed by atoms with Crippen LogP contribution in [0.25, 0.3) is 22.8 Å². The van der Waals surface area contributed by atoms with Gasteiger partial charge < -0.3 is 10.3 Å². The Morgan fingerprint density at radius 3 is 2.57 bits per heavy atom. The largest absolute Gasteiger partial charge is 0.398 e. The van der Waals surface area contributed by atoms with Gasteiger partial charge >= 0.3 is 0 Å². The Balaban J connectivity index is 1.95. The maximum Gasteiger partial charge on any atom is 0.260 e. The molecule has 0 saturated heterocycles. The smallest absolute Gasteiger partial charge is 0.260 e. The molecule has 106 valence electrons. The average Bonchev–Trinajstić information content (AvgIpc) is 2.97. The number of anilines is 1. The highest BCUT2D eigenvalue weighted by molar-refractivity contribution is 9.10. The van der Waals surface area contributed by atoms with Gasteiger partial charge in [-0.05, 0) is 30.2 Å². The van der Waals surface area contributed by atoms with Gasteiger partial charge in [-0.15, -0.1) is 0 Å². The van der Waals surface area contributed by atoms with Crippen LogP contribution < -0.4 is 5.73 Å². The van der Waals surface area contributed by atoms with Crippen LogP contribution in [0.4, 0.5) is 5.69 Å². The highest BCUT2D eigenvalue weighted by Crippen LogP contribution is 2.29. The van der Waals surface area contributed by atoms with Crippen molar-refractivity contribution in [2.24, 2.45) is 0 Å². The van der Waals surface area contributed by atoms with E-state index in [1.54, 1.807) is 0 Å². The van der Waals surface area contributed by atoms with Crippen LogP contribution in [-0.2, 0) is 6.42 Å². The van der Waals surface area contributed by atoms with Crippen LogP contribution in [0.15, 0.2) is 51.5 Å². The second-order valence-corrected chi connectivity index (χ2v) is 5.62. The monoisotopic (exact) mass is 343 g/mol. The number of hydrogen-bond donors (Lipinski definition) is 1. The number of rotatable bonds is 3. The normalized spacial score (nSPS) is 10.8. The summed E-state index contributed by atoms with van der Waals surface area (Å²) in [7, 11) is 0. The molecule has 0 unspecified atom stereocenters. The quantitative estimate of drug-likeness (QED) is 0.719. The molecule has 0 aliphatic carbocycles. The van der Waals surface area contributed by atoms with Crippen LogP contribution in [0.2, 0.25) is 0 Å². The van der Waals surface area contributed by atoms with E-state index in [0.717, 1.165) is 22.0 Å². The third-order valence-corrected chi connectivity index (χ3v) is 3.78. The molecule has 3 aromatic rings. The van der Waals surface area contributed by atoms with Crippen molar-refractivity contribution < 1.29 is 4.52 Å². The Kier molecular flexibility index (Phi) is 3.75. The van der Waals surface area contributed by atoms with Crippen molar-refractivity contribution in [1.82, 2.24) is 10.1 Å². The molecule has 1 heterocycles. The first-order chi connectivity index (χ1) is 10.2. The number of halogens is 1.